The Balaban J connectivity index is 1.56. The Hall–Kier alpha value is -1.15. The van der Waals surface area contributed by atoms with Crippen molar-refractivity contribution in [3.05, 3.63) is 45.1 Å². The third-order valence-electron chi connectivity index (χ3n) is 6.74. The molecule has 2 aromatic rings. The summed E-state index contributed by atoms with van der Waals surface area (Å²) in [6.45, 7) is 3.95. The van der Waals surface area contributed by atoms with Crippen molar-refractivity contribution >= 4 is 33.5 Å². The number of hydrogen-bond donors (Lipinski definition) is 1. The van der Waals surface area contributed by atoms with E-state index in [1.165, 1.54) is 11.1 Å². The van der Waals surface area contributed by atoms with Gasteiger partial charge in [0.25, 0.3) is 0 Å². The molecule has 1 N–H and O–H groups in total. The van der Waals surface area contributed by atoms with Crippen molar-refractivity contribution in [3.8, 4) is 0 Å². The SMILES string of the molecule is CSc1nc2c(c(N3CCCC(C)(O)C3)n1)COC1(CCCc3ccc(Br)cc31)C2. The minimum absolute atomic E-state index is 0.306. The van der Waals surface area contributed by atoms with Crippen LogP contribution in [0.2, 0.25) is 0 Å². The normalized spacial score (nSPS) is 28.3. The van der Waals surface area contributed by atoms with E-state index >= 15 is 0 Å². The Morgan fingerprint density at radius 2 is 2.10 bits per heavy atom. The number of rotatable bonds is 2. The van der Waals surface area contributed by atoms with Gasteiger partial charge in [0, 0.05) is 29.5 Å². The summed E-state index contributed by atoms with van der Waals surface area (Å²) < 4.78 is 7.77. The maximum absolute atomic E-state index is 10.6. The number of aromatic nitrogens is 2. The second-order valence-corrected chi connectivity index (χ2v) is 10.8. The molecule has 1 fully saturated rings. The monoisotopic (exact) mass is 489 g/mol. The smallest absolute Gasteiger partial charge is 0.189 e. The molecule has 160 valence electrons. The lowest BCUT2D eigenvalue weighted by Crippen LogP contribution is -2.47. The molecule has 7 heteroatoms. The minimum Gasteiger partial charge on any atom is -0.388 e. The van der Waals surface area contributed by atoms with Crippen LogP contribution in [-0.4, -0.2) is 40.0 Å². The number of halogens is 1. The molecule has 1 aromatic heterocycles. The minimum atomic E-state index is -0.680. The van der Waals surface area contributed by atoms with Crippen molar-refractivity contribution in [1.82, 2.24) is 9.97 Å². The molecule has 2 unspecified atom stereocenters. The molecule has 1 aliphatic carbocycles. The van der Waals surface area contributed by atoms with Gasteiger partial charge in [-0.3, -0.25) is 0 Å². The first-order valence-electron chi connectivity index (χ1n) is 10.7. The van der Waals surface area contributed by atoms with Gasteiger partial charge in [0.1, 0.15) is 5.82 Å². The lowest BCUT2D eigenvalue weighted by atomic mass is 9.75. The summed E-state index contributed by atoms with van der Waals surface area (Å²) in [7, 11) is 0. The lowest BCUT2D eigenvalue weighted by Gasteiger charge is -2.44. The van der Waals surface area contributed by atoms with Crippen molar-refractivity contribution in [2.45, 2.75) is 68.4 Å². The summed E-state index contributed by atoms with van der Waals surface area (Å²) in [5.74, 6) is 0.949. The van der Waals surface area contributed by atoms with E-state index in [0.717, 1.165) is 71.8 Å². The summed E-state index contributed by atoms with van der Waals surface area (Å²) in [6, 6.07) is 6.59. The second-order valence-electron chi connectivity index (χ2n) is 9.10. The molecule has 1 spiro atoms. The van der Waals surface area contributed by atoms with Crippen molar-refractivity contribution in [1.29, 1.82) is 0 Å². The molecule has 2 atom stereocenters. The van der Waals surface area contributed by atoms with Gasteiger partial charge in [0.05, 0.1) is 23.5 Å². The number of benzene rings is 1. The third-order valence-corrected chi connectivity index (χ3v) is 7.78. The summed E-state index contributed by atoms with van der Waals surface area (Å²) in [5, 5.41) is 11.4. The molecule has 0 radical (unpaired) electrons. The first-order chi connectivity index (χ1) is 14.4. The fraction of sp³-hybridized carbons (Fsp3) is 0.565. The molecular formula is C23H28BrN3O2S. The third kappa shape index (κ3) is 3.68. The number of aliphatic hydroxyl groups is 1. The van der Waals surface area contributed by atoms with Gasteiger partial charge in [-0.15, -0.1) is 0 Å². The molecule has 30 heavy (non-hydrogen) atoms. The van der Waals surface area contributed by atoms with Gasteiger partial charge in [-0.25, -0.2) is 9.97 Å². The van der Waals surface area contributed by atoms with Crippen LogP contribution < -0.4 is 4.90 Å². The predicted molar refractivity (Wildman–Crippen MR) is 123 cm³/mol. The summed E-state index contributed by atoms with van der Waals surface area (Å²) in [6.07, 6.45) is 7.85. The highest BCUT2D eigenvalue weighted by molar-refractivity contribution is 9.10. The van der Waals surface area contributed by atoms with E-state index in [1.54, 1.807) is 11.8 Å². The largest absolute Gasteiger partial charge is 0.388 e. The van der Waals surface area contributed by atoms with Gasteiger partial charge in [0.15, 0.2) is 5.16 Å². The van der Waals surface area contributed by atoms with E-state index in [9.17, 15) is 5.11 Å². The quantitative estimate of drug-likeness (QED) is 0.490. The van der Waals surface area contributed by atoms with E-state index in [2.05, 4.69) is 39.0 Å². The summed E-state index contributed by atoms with van der Waals surface area (Å²) in [4.78, 5) is 12.0. The van der Waals surface area contributed by atoms with Crippen LogP contribution in [0.5, 0.6) is 0 Å². The van der Waals surface area contributed by atoms with Crippen LogP contribution >= 0.6 is 27.7 Å². The zero-order valence-electron chi connectivity index (χ0n) is 17.6. The van der Waals surface area contributed by atoms with Gasteiger partial charge in [-0.1, -0.05) is 33.8 Å². The Morgan fingerprint density at radius 3 is 2.90 bits per heavy atom. The van der Waals surface area contributed by atoms with E-state index in [1.807, 2.05) is 13.2 Å². The average molecular weight is 490 g/mol. The molecule has 5 nitrogen and oxygen atoms in total. The van der Waals surface area contributed by atoms with Gasteiger partial charge in [0.2, 0.25) is 0 Å². The van der Waals surface area contributed by atoms with Crippen molar-refractivity contribution in [3.63, 3.8) is 0 Å². The fourth-order valence-corrected chi connectivity index (χ4v) is 6.04. The Kier molecular flexibility index (Phi) is 5.37. The van der Waals surface area contributed by atoms with Crippen LogP contribution in [0, 0.1) is 0 Å². The molecule has 1 aromatic carbocycles. The molecule has 0 amide bonds. The molecule has 0 bridgehead atoms. The first-order valence-corrected chi connectivity index (χ1v) is 12.7. The molecule has 2 aliphatic heterocycles. The van der Waals surface area contributed by atoms with Crippen LogP contribution in [-0.2, 0) is 29.8 Å². The lowest BCUT2D eigenvalue weighted by molar-refractivity contribution is -0.0857. The average Bonchev–Trinajstić information content (AvgIpc) is 2.72. The molecule has 0 saturated carbocycles. The highest BCUT2D eigenvalue weighted by atomic mass is 79.9. The number of β-amino-alcohol motifs (C(OH)–C–C–N with tert-alkyl or cyclic N) is 1. The molecule has 3 heterocycles. The topological polar surface area (TPSA) is 58.5 Å². The van der Waals surface area contributed by atoms with Crippen LogP contribution in [0.3, 0.4) is 0 Å². The van der Waals surface area contributed by atoms with Gasteiger partial charge < -0.3 is 14.7 Å². The number of ether oxygens (including phenoxy) is 1. The van der Waals surface area contributed by atoms with Crippen molar-refractivity contribution in [2.75, 3.05) is 24.2 Å². The standard InChI is InChI=1S/C23H28BrN3O2S/c1-22(28)8-4-10-27(14-22)20-17-13-29-23(12-19(17)25-21(26-20)30-2)9-3-5-15-6-7-16(24)11-18(15)23/h6-7,11,28H,3-5,8-10,12-14H2,1-2H3. The highest BCUT2D eigenvalue weighted by Crippen LogP contribution is 2.46. The Labute approximate surface area is 190 Å². The number of thioether (sulfide) groups is 1. The molecular weight excluding hydrogens is 462 g/mol. The number of anilines is 1. The number of fused-ring (bicyclic) bond motifs is 3. The van der Waals surface area contributed by atoms with Crippen molar-refractivity contribution in [2.24, 2.45) is 0 Å². The van der Waals surface area contributed by atoms with Crippen molar-refractivity contribution < 1.29 is 9.84 Å². The van der Waals surface area contributed by atoms with Gasteiger partial charge in [-0.2, -0.15) is 0 Å². The number of aryl methyl sites for hydroxylation is 1. The van der Waals surface area contributed by atoms with Crippen LogP contribution in [0.15, 0.2) is 27.8 Å². The molecule has 3 aliphatic rings. The van der Waals surface area contributed by atoms with Gasteiger partial charge >= 0.3 is 0 Å². The fourth-order valence-electron chi connectivity index (χ4n) is 5.30. The number of nitrogens with zero attached hydrogens (tertiary/aromatic N) is 3. The van der Waals surface area contributed by atoms with E-state index in [4.69, 9.17) is 14.7 Å². The second kappa shape index (κ2) is 7.76. The zero-order valence-corrected chi connectivity index (χ0v) is 20.0. The molecule has 5 rings (SSSR count). The zero-order chi connectivity index (χ0) is 20.9. The van der Waals surface area contributed by atoms with E-state index in [-0.39, 0.29) is 5.60 Å². The Morgan fingerprint density at radius 1 is 1.23 bits per heavy atom. The summed E-state index contributed by atoms with van der Waals surface area (Å²) in [5.41, 5.74) is 3.91. The van der Waals surface area contributed by atoms with E-state index in [0.29, 0.717) is 13.2 Å². The van der Waals surface area contributed by atoms with Crippen LogP contribution in [0.1, 0.15) is 55.0 Å². The molecule has 1 saturated heterocycles. The van der Waals surface area contributed by atoms with Gasteiger partial charge in [-0.05, 0) is 68.5 Å². The summed E-state index contributed by atoms with van der Waals surface area (Å²) >= 11 is 5.24. The predicted octanol–water partition coefficient (Wildman–Crippen LogP) is 4.62. The maximum atomic E-state index is 10.6. The Bertz CT molecular complexity index is 983. The first kappa shape index (κ1) is 20.7. The van der Waals surface area contributed by atoms with E-state index < -0.39 is 5.60 Å². The highest BCUT2D eigenvalue weighted by Gasteiger charge is 2.43. The van der Waals surface area contributed by atoms with Crippen LogP contribution in [0.25, 0.3) is 0 Å². The maximum Gasteiger partial charge on any atom is 0.189 e. The number of hydrogen-bond acceptors (Lipinski definition) is 6. The van der Waals surface area contributed by atoms with Crippen LogP contribution in [0.4, 0.5) is 5.82 Å². The number of piperidine rings is 1.